The number of nitrogens with zero attached hydrogens (tertiary/aromatic N) is 4. The fourth-order valence-corrected chi connectivity index (χ4v) is 2.82. The van der Waals surface area contributed by atoms with E-state index in [1.165, 1.54) is 24.2 Å². The van der Waals surface area contributed by atoms with Crippen LogP contribution in [0.25, 0.3) is 10.9 Å². The topological polar surface area (TPSA) is 67.8 Å². The third kappa shape index (κ3) is 1.99. The summed E-state index contributed by atoms with van der Waals surface area (Å²) in [5.41, 5.74) is 1.95. The molecule has 1 aliphatic heterocycles. The predicted octanol–water partition coefficient (Wildman–Crippen LogP) is 3.28. The average Bonchev–Trinajstić information content (AvgIpc) is 2.62. The Morgan fingerprint density at radius 1 is 0.958 bits per heavy atom. The lowest BCUT2D eigenvalue weighted by atomic mass is 10.1. The molecule has 0 spiro atoms. The highest BCUT2D eigenvalue weighted by molar-refractivity contribution is 6.20. The summed E-state index contributed by atoms with van der Waals surface area (Å²) in [5.74, 6) is 0.469. The molecule has 3 aromatic rings. The second kappa shape index (κ2) is 5.47. The van der Waals surface area contributed by atoms with E-state index in [1.807, 2.05) is 42.5 Å². The molecule has 0 saturated carbocycles. The molecule has 0 atom stereocenters. The summed E-state index contributed by atoms with van der Waals surface area (Å²) in [7, 11) is 2.95. The van der Waals surface area contributed by atoms with Gasteiger partial charge in [0.2, 0.25) is 0 Å². The number of hydrogen-bond donors (Lipinski definition) is 0. The number of hydrogen-bond acceptors (Lipinski definition) is 5. The van der Waals surface area contributed by atoms with Crippen molar-refractivity contribution in [3.8, 4) is 6.01 Å². The summed E-state index contributed by atoms with van der Waals surface area (Å²) >= 11 is 0. The SMILES string of the molecule is COc1nc2c3c(cccc3n1)N(OC)C(=O)N2c1ccccc1. The van der Waals surface area contributed by atoms with E-state index in [0.29, 0.717) is 22.7 Å². The lowest BCUT2D eigenvalue weighted by Gasteiger charge is -2.34. The molecule has 2 amide bonds. The third-order valence-corrected chi connectivity index (χ3v) is 3.84. The number of aromatic nitrogens is 2. The van der Waals surface area contributed by atoms with Crippen molar-refractivity contribution in [2.45, 2.75) is 0 Å². The molecule has 0 aliphatic carbocycles. The summed E-state index contributed by atoms with van der Waals surface area (Å²) in [6, 6.07) is 14.6. The maximum absolute atomic E-state index is 13.0. The van der Waals surface area contributed by atoms with E-state index in [0.717, 1.165) is 5.39 Å². The molecule has 24 heavy (non-hydrogen) atoms. The molecule has 4 rings (SSSR count). The Kier molecular flexibility index (Phi) is 3.28. The van der Waals surface area contributed by atoms with Crippen LogP contribution in [0.1, 0.15) is 0 Å². The molecule has 0 fully saturated rings. The number of anilines is 3. The standard InChI is InChI=1S/C17H14N4O3/c1-23-16-18-12-9-6-10-13-14(12)15(19-16)20(17(22)21(13)24-2)11-7-4-3-5-8-11/h3-10H,1-2H3. The van der Waals surface area contributed by atoms with Crippen LogP contribution in [0.2, 0.25) is 0 Å². The Morgan fingerprint density at radius 2 is 1.75 bits per heavy atom. The maximum atomic E-state index is 13.0. The number of amides is 2. The first-order valence-corrected chi connectivity index (χ1v) is 7.32. The molecule has 0 N–H and O–H groups in total. The highest BCUT2D eigenvalue weighted by atomic mass is 16.7. The molecule has 120 valence electrons. The summed E-state index contributed by atoms with van der Waals surface area (Å²) in [4.78, 5) is 28.6. The van der Waals surface area contributed by atoms with Crippen LogP contribution in [0.3, 0.4) is 0 Å². The molecule has 0 unspecified atom stereocenters. The number of rotatable bonds is 3. The fourth-order valence-electron chi connectivity index (χ4n) is 2.82. The van der Waals surface area contributed by atoms with Crippen molar-refractivity contribution in [3.63, 3.8) is 0 Å². The quantitative estimate of drug-likeness (QED) is 0.740. The zero-order valence-electron chi connectivity index (χ0n) is 13.1. The van der Waals surface area contributed by atoms with Crippen LogP contribution in [0.5, 0.6) is 6.01 Å². The molecular formula is C17H14N4O3. The number of urea groups is 1. The van der Waals surface area contributed by atoms with Crippen molar-refractivity contribution >= 4 is 34.1 Å². The molecule has 2 aromatic carbocycles. The van der Waals surface area contributed by atoms with Gasteiger partial charge in [-0.1, -0.05) is 24.3 Å². The number of ether oxygens (including phenoxy) is 1. The van der Waals surface area contributed by atoms with Gasteiger partial charge in [-0.05, 0) is 24.3 Å². The maximum Gasteiger partial charge on any atom is 0.359 e. The number of methoxy groups -OCH3 is 1. The lowest BCUT2D eigenvalue weighted by molar-refractivity contribution is 0.168. The largest absolute Gasteiger partial charge is 0.467 e. The number of carbonyl (C=O) groups excluding carboxylic acids is 1. The van der Waals surface area contributed by atoms with Crippen LogP contribution in [0.15, 0.2) is 48.5 Å². The molecular weight excluding hydrogens is 308 g/mol. The van der Waals surface area contributed by atoms with Gasteiger partial charge in [-0.2, -0.15) is 15.0 Å². The van der Waals surface area contributed by atoms with Crippen molar-refractivity contribution < 1.29 is 14.4 Å². The van der Waals surface area contributed by atoms with Gasteiger partial charge in [0.05, 0.1) is 36.5 Å². The molecule has 7 nitrogen and oxygen atoms in total. The van der Waals surface area contributed by atoms with Gasteiger partial charge in [0.1, 0.15) is 0 Å². The number of carbonyl (C=O) groups is 1. The first-order chi connectivity index (χ1) is 11.7. The molecule has 0 saturated heterocycles. The Balaban J connectivity index is 2.08. The number of benzene rings is 2. The van der Waals surface area contributed by atoms with E-state index >= 15 is 0 Å². The van der Waals surface area contributed by atoms with Crippen molar-refractivity contribution in [2.75, 3.05) is 24.2 Å². The molecule has 7 heteroatoms. The highest BCUT2D eigenvalue weighted by Crippen LogP contribution is 2.42. The Morgan fingerprint density at radius 3 is 2.46 bits per heavy atom. The molecule has 1 aliphatic rings. The van der Waals surface area contributed by atoms with E-state index in [4.69, 9.17) is 9.57 Å². The van der Waals surface area contributed by atoms with Gasteiger partial charge in [-0.25, -0.2) is 9.69 Å². The van der Waals surface area contributed by atoms with E-state index in [9.17, 15) is 4.79 Å². The first kappa shape index (κ1) is 14.4. The Bertz CT molecular complexity index is 930. The van der Waals surface area contributed by atoms with Crippen molar-refractivity contribution in [2.24, 2.45) is 0 Å². The minimum atomic E-state index is -0.357. The summed E-state index contributed by atoms with van der Waals surface area (Å²) < 4.78 is 5.20. The molecule has 0 radical (unpaired) electrons. The van der Waals surface area contributed by atoms with Crippen LogP contribution < -0.4 is 14.7 Å². The smallest absolute Gasteiger partial charge is 0.359 e. The van der Waals surface area contributed by atoms with Crippen LogP contribution in [-0.2, 0) is 4.84 Å². The second-order valence-electron chi connectivity index (χ2n) is 5.14. The molecule has 0 bridgehead atoms. The van der Waals surface area contributed by atoms with Crippen LogP contribution >= 0.6 is 0 Å². The number of para-hydroxylation sites is 1. The van der Waals surface area contributed by atoms with E-state index in [2.05, 4.69) is 9.97 Å². The van der Waals surface area contributed by atoms with Gasteiger partial charge in [-0.15, -0.1) is 0 Å². The van der Waals surface area contributed by atoms with E-state index < -0.39 is 0 Å². The number of hydroxylamine groups is 1. The first-order valence-electron chi connectivity index (χ1n) is 7.32. The average molecular weight is 322 g/mol. The summed E-state index contributed by atoms with van der Waals surface area (Å²) in [6.45, 7) is 0. The monoisotopic (exact) mass is 322 g/mol. The minimum Gasteiger partial charge on any atom is -0.467 e. The lowest BCUT2D eigenvalue weighted by Crippen LogP contribution is -2.43. The van der Waals surface area contributed by atoms with Gasteiger partial charge in [0.15, 0.2) is 5.82 Å². The summed E-state index contributed by atoms with van der Waals surface area (Å²) in [6.07, 6.45) is 0. The van der Waals surface area contributed by atoms with E-state index in [-0.39, 0.29) is 12.0 Å². The highest BCUT2D eigenvalue weighted by Gasteiger charge is 2.35. The van der Waals surface area contributed by atoms with E-state index in [1.54, 1.807) is 6.07 Å². The zero-order chi connectivity index (χ0) is 16.7. The third-order valence-electron chi connectivity index (χ3n) is 3.84. The van der Waals surface area contributed by atoms with Gasteiger partial charge in [-0.3, -0.25) is 4.84 Å². The van der Waals surface area contributed by atoms with Crippen molar-refractivity contribution in [1.29, 1.82) is 0 Å². The second-order valence-corrected chi connectivity index (χ2v) is 5.14. The van der Waals surface area contributed by atoms with Gasteiger partial charge >= 0.3 is 12.0 Å². The zero-order valence-corrected chi connectivity index (χ0v) is 13.1. The fraction of sp³-hybridized carbons (Fsp3) is 0.118. The van der Waals surface area contributed by atoms with Gasteiger partial charge in [0.25, 0.3) is 0 Å². The van der Waals surface area contributed by atoms with Gasteiger partial charge in [0, 0.05) is 0 Å². The molecule has 2 heterocycles. The van der Waals surface area contributed by atoms with Crippen molar-refractivity contribution in [1.82, 2.24) is 9.97 Å². The van der Waals surface area contributed by atoms with Crippen LogP contribution in [0.4, 0.5) is 22.0 Å². The Labute approximate surface area is 138 Å². The summed E-state index contributed by atoms with van der Waals surface area (Å²) in [5, 5.41) is 1.96. The van der Waals surface area contributed by atoms with Crippen LogP contribution in [-0.4, -0.2) is 30.2 Å². The predicted molar refractivity (Wildman–Crippen MR) is 89.6 cm³/mol. The minimum absolute atomic E-state index is 0.203. The van der Waals surface area contributed by atoms with Crippen LogP contribution in [0, 0.1) is 0 Å². The van der Waals surface area contributed by atoms with Crippen molar-refractivity contribution in [3.05, 3.63) is 48.5 Å². The Hall–Kier alpha value is -3.19. The molecule has 1 aromatic heterocycles. The normalized spacial score (nSPS) is 13.5. The van der Waals surface area contributed by atoms with Gasteiger partial charge < -0.3 is 4.74 Å².